The number of hydrogen-bond donors (Lipinski definition) is 0. The second-order valence-electron chi connectivity index (χ2n) is 6.52. The van der Waals surface area contributed by atoms with Gasteiger partial charge in [-0.1, -0.05) is 12.1 Å². The molecular formula is C16H20FN3O3S2. The van der Waals surface area contributed by atoms with Gasteiger partial charge in [-0.05, 0) is 49.3 Å². The third kappa shape index (κ3) is 4.96. The average molecular weight is 385 g/mol. The molecule has 1 aromatic carbocycles. The van der Waals surface area contributed by atoms with Crippen LogP contribution in [-0.4, -0.2) is 41.7 Å². The van der Waals surface area contributed by atoms with Crippen LogP contribution in [0.15, 0.2) is 28.7 Å². The van der Waals surface area contributed by atoms with Crippen LogP contribution in [0.1, 0.15) is 17.9 Å². The van der Waals surface area contributed by atoms with E-state index < -0.39 is 9.84 Å². The summed E-state index contributed by atoms with van der Waals surface area (Å²) in [5.41, 5.74) is 0.855. The zero-order valence-electron chi connectivity index (χ0n) is 13.9. The third-order valence-corrected chi connectivity index (χ3v) is 6.29. The normalized spacial score (nSPS) is 19.6. The van der Waals surface area contributed by atoms with Gasteiger partial charge in [-0.15, -0.1) is 5.10 Å². The van der Waals surface area contributed by atoms with Gasteiger partial charge in [0.15, 0.2) is 9.84 Å². The van der Waals surface area contributed by atoms with E-state index in [-0.39, 0.29) is 28.1 Å². The van der Waals surface area contributed by atoms with Crippen molar-refractivity contribution in [3.63, 3.8) is 0 Å². The van der Waals surface area contributed by atoms with Crippen molar-refractivity contribution in [2.24, 2.45) is 5.92 Å². The lowest BCUT2D eigenvalue weighted by Gasteiger charge is -2.15. The SMILES string of the molecule is CN(Cc1cccc(F)c1)Cn1nc(C[C@@H]2CCS(=O)(=O)C2)oc1=S. The predicted octanol–water partition coefficient (Wildman–Crippen LogP) is 2.41. The molecule has 1 fully saturated rings. The molecule has 1 saturated heterocycles. The Morgan fingerprint density at radius 1 is 1.48 bits per heavy atom. The number of rotatable bonds is 6. The smallest absolute Gasteiger partial charge is 0.288 e. The van der Waals surface area contributed by atoms with Crippen molar-refractivity contribution in [1.29, 1.82) is 0 Å². The first-order valence-electron chi connectivity index (χ1n) is 8.01. The van der Waals surface area contributed by atoms with Gasteiger partial charge in [0.05, 0.1) is 18.2 Å². The Kier molecular flexibility index (Phi) is 5.35. The van der Waals surface area contributed by atoms with E-state index >= 15 is 0 Å². The summed E-state index contributed by atoms with van der Waals surface area (Å²) in [6, 6.07) is 6.43. The molecule has 1 aliphatic rings. The zero-order valence-corrected chi connectivity index (χ0v) is 15.5. The van der Waals surface area contributed by atoms with E-state index in [1.165, 1.54) is 12.1 Å². The highest BCUT2D eigenvalue weighted by Gasteiger charge is 2.29. The maximum Gasteiger partial charge on any atom is 0.288 e. The van der Waals surface area contributed by atoms with E-state index in [4.69, 9.17) is 16.6 Å². The molecule has 0 bridgehead atoms. The Morgan fingerprint density at radius 2 is 2.28 bits per heavy atom. The minimum Gasteiger partial charge on any atom is -0.414 e. The van der Waals surface area contributed by atoms with Crippen LogP contribution in [0.3, 0.4) is 0 Å². The van der Waals surface area contributed by atoms with Crippen LogP contribution in [0.25, 0.3) is 0 Å². The van der Waals surface area contributed by atoms with Crippen molar-refractivity contribution in [3.8, 4) is 0 Å². The fourth-order valence-corrected chi connectivity index (χ4v) is 5.08. The molecule has 136 valence electrons. The van der Waals surface area contributed by atoms with Crippen molar-refractivity contribution < 1.29 is 17.2 Å². The largest absolute Gasteiger partial charge is 0.414 e. The number of nitrogens with zero attached hydrogens (tertiary/aromatic N) is 3. The Morgan fingerprint density at radius 3 is 2.96 bits per heavy atom. The van der Waals surface area contributed by atoms with Crippen molar-refractivity contribution in [3.05, 3.63) is 46.4 Å². The molecule has 0 aliphatic carbocycles. The Bertz CT molecular complexity index is 907. The summed E-state index contributed by atoms with van der Waals surface area (Å²) in [6.07, 6.45) is 1.11. The van der Waals surface area contributed by atoms with E-state index in [9.17, 15) is 12.8 Å². The first-order valence-corrected chi connectivity index (χ1v) is 10.2. The van der Waals surface area contributed by atoms with Crippen LogP contribution >= 0.6 is 12.2 Å². The van der Waals surface area contributed by atoms with Gasteiger partial charge < -0.3 is 4.42 Å². The lowest BCUT2D eigenvalue weighted by Crippen LogP contribution is -2.22. The van der Waals surface area contributed by atoms with Gasteiger partial charge in [0.25, 0.3) is 4.84 Å². The van der Waals surface area contributed by atoms with Gasteiger partial charge in [-0.25, -0.2) is 17.5 Å². The van der Waals surface area contributed by atoms with E-state index in [1.54, 1.807) is 10.7 Å². The number of hydrogen-bond acceptors (Lipinski definition) is 6. The molecule has 3 rings (SSSR count). The fraction of sp³-hybridized carbons (Fsp3) is 0.500. The van der Waals surface area contributed by atoms with Gasteiger partial charge in [0.2, 0.25) is 5.89 Å². The van der Waals surface area contributed by atoms with Crippen LogP contribution in [-0.2, 0) is 29.5 Å². The first kappa shape index (κ1) is 18.2. The second-order valence-corrected chi connectivity index (χ2v) is 9.10. The van der Waals surface area contributed by atoms with E-state index in [0.717, 1.165) is 5.56 Å². The summed E-state index contributed by atoms with van der Waals surface area (Å²) in [6.45, 7) is 0.949. The molecule has 2 heterocycles. The summed E-state index contributed by atoms with van der Waals surface area (Å²) in [7, 11) is -1.04. The van der Waals surface area contributed by atoms with E-state index in [1.807, 2.05) is 18.0 Å². The highest BCUT2D eigenvalue weighted by atomic mass is 32.2. The molecule has 2 aromatic rings. The van der Waals surface area contributed by atoms with Gasteiger partial charge in [-0.2, -0.15) is 0 Å². The van der Waals surface area contributed by atoms with Gasteiger partial charge in [0.1, 0.15) is 5.82 Å². The zero-order chi connectivity index (χ0) is 18.0. The van der Waals surface area contributed by atoms with Gasteiger partial charge in [-0.3, -0.25) is 4.90 Å². The molecule has 1 atom stereocenters. The van der Waals surface area contributed by atoms with Crippen molar-refractivity contribution >= 4 is 22.1 Å². The molecule has 0 N–H and O–H groups in total. The summed E-state index contributed by atoms with van der Waals surface area (Å²) < 4.78 is 43.4. The molecule has 0 amide bonds. The minimum atomic E-state index is -2.92. The molecule has 25 heavy (non-hydrogen) atoms. The second kappa shape index (κ2) is 7.35. The number of halogens is 1. The topological polar surface area (TPSA) is 68.3 Å². The van der Waals surface area contributed by atoms with E-state index in [0.29, 0.717) is 31.9 Å². The van der Waals surface area contributed by atoms with Crippen LogP contribution in [0.2, 0.25) is 0 Å². The Balaban J connectivity index is 1.61. The molecule has 0 saturated carbocycles. The Hall–Kier alpha value is -1.58. The van der Waals surface area contributed by atoms with Crippen LogP contribution < -0.4 is 0 Å². The fourth-order valence-electron chi connectivity index (χ4n) is 3.03. The first-order chi connectivity index (χ1) is 11.8. The predicted molar refractivity (Wildman–Crippen MR) is 93.7 cm³/mol. The molecule has 0 unspecified atom stereocenters. The summed E-state index contributed by atoms with van der Waals surface area (Å²) in [5, 5.41) is 4.36. The third-order valence-electron chi connectivity index (χ3n) is 4.16. The summed E-state index contributed by atoms with van der Waals surface area (Å²) >= 11 is 5.19. The highest BCUT2D eigenvalue weighted by molar-refractivity contribution is 7.91. The van der Waals surface area contributed by atoms with Crippen molar-refractivity contribution in [2.45, 2.75) is 26.1 Å². The molecule has 1 aromatic heterocycles. The number of sulfone groups is 1. The molecule has 6 nitrogen and oxygen atoms in total. The van der Waals surface area contributed by atoms with Crippen LogP contribution in [0.4, 0.5) is 4.39 Å². The summed E-state index contributed by atoms with van der Waals surface area (Å²) in [5.74, 6) is 0.650. The molecule has 9 heteroatoms. The summed E-state index contributed by atoms with van der Waals surface area (Å²) in [4.78, 5) is 2.19. The van der Waals surface area contributed by atoms with Gasteiger partial charge >= 0.3 is 0 Å². The maximum absolute atomic E-state index is 13.2. The van der Waals surface area contributed by atoms with E-state index in [2.05, 4.69) is 5.10 Å². The lowest BCUT2D eigenvalue weighted by atomic mass is 10.1. The lowest BCUT2D eigenvalue weighted by molar-refractivity contribution is 0.240. The minimum absolute atomic E-state index is 0.0384. The highest BCUT2D eigenvalue weighted by Crippen LogP contribution is 2.22. The van der Waals surface area contributed by atoms with Gasteiger partial charge in [0, 0.05) is 13.0 Å². The quantitative estimate of drug-likeness (QED) is 0.712. The monoisotopic (exact) mass is 385 g/mol. The Labute approximate surface area is 151 Å². The van der Waals surface area contributed by atoms with Crippen molar-refractivity contribution in [1.82, 2.24) is 14.7 Å². The van der Waals surface area contributed by atoms with Crippen LogP contribution in [0, 0.1) is 16.6 Å². The standard InChI is InChI=1S/C16H20FN3O3S2/c1-19(9-12-3-2-4-14(17)7-12)11-20-16(24)23-15(18-20)8-13-5-6-25(21,22)10-13/h2-4,7,13H,5-6,8-11H2,1H3/t13-/m0/s1. The molecule has 0 radical (unpaired) electrons. The number of aromatic nitrogens is 2. The number of benzene rings is 1. The van der Waals surface area contributed by atoms with Crippen LogP contribution in [0.5, 0.6) is 0 Å². The molecule has 1 aliphatic heterocycles. The average Bonchev–Trinajstić information content (AvgIpc) is 3.01. The molecular weight excluding hydrogens is 365 g/mol. The van der Waals surface area contributed by atoms with Crippen molar-refractivity contribution in [2.75, 3.05) is 18.6 Å². The molecule has 0 spiro atoms. The maximum atomic E-state index is 13.2.